The fraction of sp³-hybridized carbons (Fsp3) is 0.0769. The van der Waals surface area contributed by atoms with Gasteiger partial charge in [-0.05, 0) is 36.4 Å². The Labute approximate surface area is 115 Å². The first-order valence-corrected chi connectivity index (χ1v) is 7.03. The molecule has 106 valence electrons. The van der Waals surface area contributed by atoms with E-state index >= 15 is 0 Å². The fourth-order valence-electron chi connectivity index (χ4n) is 1.61. The van der Waals surface area contributed by atoms with Gasteiger partial charge >= 0.3 is 0 Å². The van der Waals surface area contributed by atoms with Gasteiger partial charge < -0.3 is 10.2 Å². The molecule has 2 aromatic carbocycles. The van der Waals surface area contributed by atoms with E-state index in [9.17, 15) is 23.0 Å². The van der Waals surface area contributed by atoms with Crippen LogP contribution in [0, 0.1) is 5.82 Å². The first kappa shape index (κ1) is 14.1. The second kappa shape index (κ2) is 5.01. The molecule has 0 heterocycles. The number of aromatic hydroxyl groups is 2. The highest BCUT2D eigenvalue weighted by molar-refractivity contribution is 7.92. The molecule has 0 amide bonds. The lowest BCUT2D eigenvalue weighted by Crippen LogP contribution is -2.26. The molecule has 0 atom stereocenters. The second-order valence-electron chi connectivity index (χ2n) is 4.10. The number of hydrogen-bond donors (Lipinski definition) is 2. The number of hydrogen-bond acceptors (Lipinski definition) is 4. The van der Waals surface area contributed by atoms with Gasteiger partial charge in [0, 0.05) is 13.1 Å². The predicted octanol–water partition coefficient (Wildman–Crippen LogP) is 2.06. The van der Waals surface area contributed by atoms with Crippen molar-refractivity contribution < 1.29 is 23.0 Å². The zero-order chi connectivity index (χ0) is 14.9. The summed E-state index contributed by atoms with van der Waals surface area (Å²) in [7, 11) is -2.59. The molecule has 0 aliphatic carbocycles. The maximum absolute atomic E-state index is 12.8. The van der Waals surface area contributed by atoms with Gasteiger partial charge in [-0.15, -0.1) is 0 Å². The smallest absolute Gasteiger partial charge is 0.264 e. The van der Waals surface area contributed by atoms with Crippen molar-refractivity contribution >= 4 is 15.7 Å². The number of rotatable bonds is 3. The Morgan fingerprint density at radius 3 is 2.15 bits per heavy atom. The number of sulfonamides is 1. The monoisotopic (exact) mass is 297 g/mol. The summed E-state index contributed by atoms with van der Waals surface area (Å²) in [6.45, 7) is 0. The minimum atomic E-state index is -3.90. The topological polar surface area (TPSA) is 77.8 Å². The average Bonchev–Trinajstić information content (AvgIpc) is 2.41. The Bertz CT molecular complexity index is 729. The molecule has 2 N–H and O–H groups in total. The molecule has 0 saturated carbocycles. The Kier molecular flexibility index (Phi) is 3.54. The maximum atomic E-state index is 12.8. The van der Waals surface area contributed by atoms with Crippen LogP contribution < -0.4 is 4.31 Å². The molecule has 0 aliphatic heterocycles. The number of phenols is 2. The summed E-state index contributed by atoms with van der Waals surface area (Å²) in [5.74, 6) is -1.41. The molecule has 0 aliphatic rings. The molecular formula is C13H12FNO4S. The SMILES string of the molecule is CN(c1ccc(F)cc1)S(=O)(=O)c1ccc(O)c(O)c1. The number of phenolic OH excluding ortho intramolecular Hbond substituents is 2. The molecule has 0 radical (unpaired) electrons. The van der Waals surface area contributed by atoms with E-state index < -0.39 is 27.3 Å². The van der Waals surface area contributed by atoms with E-state index in [2.05, 4.69) is 0 Å². The van der Waals surface area contributed by atoms with Gasteiger partial charge in [-0.1, -0.05) is 0 Å². The predicted molar refractivity (Wildman–Crippen MR) is 71.8 cm³/mol. The highest BCUT2D eigenvalue weighted by Gasteiger charge is 2.22. The van der Waals surface area contributed by atoms with Crippen molar-refractivity contribution in [2.24, 2.45) is 0 Å². The van der Waals surface area contributed by atoms with Gasteiger partial charge in [-0.3, -0.25) is 4.31 Å². The number of anilines is 1. The van der Waals surface area contributed by atoms with Crippen LogP contribution in [0.2, 0.25) is 0 Å². The van der Waals surface area contributed by atoms with Crippen LogP contribution in [0.5, 0.6) is 11.5 Å². The summed E-state index contributed by atoms with van der Waals surface area (Å²) >= 11 is 0. The Hall–Kier alpha value is -2.28. The van der Waals surface area contributed by atoms with E-state index in [1.54, 1.807) is 0 Å². The zero-order valence-electron chi connectivity index (χ0n) is 10.5. The van der Waals surface area contributed by atoms with E-state index in [4.69, 9.17) is 0 Å². The minimum Gasteiger partial charge on any atom is -0.504 e. The summed E-state index contributed by atoms with van der Waals surface area (Å²) in [6.07, 6.45) is 0. The van der Waals surface area contributed by atoms with Crippen molar-refractivity contribution in [1.29, 1.82) is 0 Å². The molecule has 0 spiro atoms. The third-order valence-corrected chi connectivity index (χ3v) is 4.58. The quantitative estimate of drug-likeness (QED) is 0.850. The zero-order valence-corrected chi connectivity index (χ0v) is 11.3. The van der Waals surface area contributed by atoms with Crippen LogP contribution in [-0.2, 0) is 10.0 Å². The number of nitrogens with zero attached hydrogens (tertiary/aromatic N) is 1. The largest absolute Gasteiger partial charge is 0.504 e. The van der Waals surface area contributed by atoms with Crippen LogP contribution in [0.3, 0.4) is 0 Å². The fourth-order valence-corrected chi connectivity index (χ4v) is 2.83. The van der Waals surface area contributed by atoms with Gasteiger partial charge in [-0.2, -0.15) is 0 Å². The third-order valence-electron chi connectivity index (χ3n) is 2.80. The van der Waals surface area contributed by atoms with Gasteiger partial charge in [0.15, 0.2) is 11.5 Å². The lowest BCUT2D eigenvalue weighted by atomic mass is 10.3. The van der Waals surface area contributed by atoms with Crippen LogP contribution >= 0.6 is 0 Å². The molecule has 0 unspecified atom stereocenters. The Morgan fingerprint density at radius 1 is 1.00 bits per heavy atom. The molecule has 0 fully saturated rings. The van der Waals surface area contributed by atoms with E-state index in [-0.39, 0.29) is 10.6 Å². The first-order valence-electron chi connectivity index (χ1n) is 5.59. The highest BCUT2D eigenvalue weighted by atomic mass is 32.2. The molecule has 20 heavy (non-hydrogen) atoms. The summed E-state index contributed by atoms with van der Waals surface area (Å²) < 4.78 is 38.4. The van der Waals surface area contributed by atoms with Gasteiger partial charge in [-0.25, -0.2) is 12.8 Å². The van der Waals surface area contributed by atoms with Crippen LogP contribution in [-0.4, -0.2) is 25.7 Å². The van der Waals surface area contributed by atoms with Crippen LogP contribution in [0.15, 0.2) is 47.4 Å². The van der Waals surface area contributed by atoms with E-state index in [0.717, 1.165) is 28.6 Å². The Balaban J connectivity index is 2.43. The van der Waals surface area contributed by atoms with Crippen molar-refractivity contribution in [3.63, 3.8) is 0 Å². The summed E-state index contributed by atoms with van der Waals surface area (Å²) in [5.41, 5.74) is 0.277. The molecule has 5 nitrogen and oxygen atoms in total. The van der Waals surface area contributed by atoms with Gasteiger partial charge in [0.05, 0.1) is 10.6 Å². The normalized spacial score (nSPS) is 11.3. The van der Waals surface area contributed by atoms with Crippen molar-refractivity contribution in [1.82, 2.24) is 0 Å². The van der Waals surface area contributed by atoms with Crippen LogP contribution in [0.4, 0.5) is 10.1 Å². The standard InChI is InChI=1S/C13H12FNO4S/c1-15(10-4-2-9(14)3-5-10)20(18,19)11-6-7-12(16)13(17)8-11/h2-8,16-17H,1H3. The molecule has 0 aromatic heterocycles. The first-order chi connectivity index (χ1) is 9.32. The number of halogens is 1. The minimum absolute atomic E-state index is 0.181. The molecular weight excluding hydrogens is 285 g/mol. The third kappa shape index (κ3) is 2.53. The number of benzene rings is 2. The molecule has 7 heteroatoms. The average molecular weight is 297 g/mol. The second-order valence-corrected chi connectivity index (χ2v) is 6.07. The summed E-state index contributed by atoms with van der Waals surface area (Å²) in [4.78, 5) is -0.181. The van der Waals surface area contributed by atoms with E-state index in [0.29, 0.717) is 0 Å². The summed E-state index contributed by atoms with van der Waals surface area (Å²) in [5, 5.41) is 18.6. The lowest BCUT2D eigenvalue weighted by molar-refractivity contribution is 0.402. The highest BCUT2D eigenvalue weighted by Crippen LogP contribution is 2.29. The molecule has 2 aromatic rings. The maximum Gasteiger partial charge on any atom is 0.264 e. The van der Waals surface area contributed by atoms with E-state index in [1.165, 1.54) is 25.2 Å². The van der Waals surface area contributed by atoms with Crippen molar-refractivity contribution in [3.05, 3.63) is 48.3 Å². The summed E-state index contributed by atoms with van der Waals surface area (Å²) in [6, 6.07) is 8.15. The Morgan fingerprint density at radius 2 is 1.60 bits per heavy atom. The van der Waals surface area contributed by atoms with Crippen molar-refractivity contribution in [2.75, 3.05) is 11.4 Å². The van der Waals surface area contributed by atoms with E-state index in [1.807, 2.05) is 0 Å². The van der Waals surface area contributed by atoms with Gasteiger partial charge in [0.25, 0.3) is 10.0 Å². The van der Waals surface area contributed by atoms with Crippen molar-refractivity contribution in [3.8, 4) is 11.5 Å². The van der Waals surface area contributed by atoms with Crippen molar-refractivity contribution in [2.45, 2.75) is 4.90 Å². The molecule has 0 saturated heterocycles. The van der Waals surface area contributed by atoms with Crippen LogP contribution in [0.25, 0.3) is 0 Å². The molecule has 2 rings (SSSR count). The van der Waals surface area contributed by atoms with Crippen LogP contribution in [0.1, 0.15) is 0 Å². The van der Waals surface area contributed by atoms with Gasteiger partial charge in [0.2, 0.25) is 0 Å². The van der Waals surface area contributed by atoms with Gasteiger partial charge in [0.1, 0.15) is 5.82 Å². The molecule has 0 bridgehead atoms. The lowest BCUT2D eigenvalue weighted by Gasteiger charge is -2.19.